The van der Waals surface area contributed by atoms with Gasteiger partial charge >= 0.3 is 0 Å². The predicted octanol–water partition coefficient (Wildman–Crippen LogP) is 3.71. The molecule has 3 unspecified atom stereocenters. The summed E-state index contributed by atoms with van der Waals surface area (Å²) < 4.78 is 26.0. The van der Waals surface area contributed by atoms with Crippen LogP contribution in [0.25, 0.3) is 10.8 Å². The first-order chi connectivity index (χ1) is 16.9. The zero-order valence-electron chi connectivity index (χ0n) is 19.9. The van der Waals surface area contributed by atoms with Gasteiger partial charge in [0.15, 0.2) is 11.6 Å². The zero-order chi connectivity index (χ0) is 24.9. The van der Waals surface area contributed by atoms with Crippen LogP contribution in [0.5, 0.6) is 5.88 Å². The van der Waals surface area contributed by atoms with E-state index in [-0.39, 0.29) is 35.4 Å². The molecule has 1 saturated carbocycles. The number of hydrogen-bond donors (Lipinski definition) is 4. The van der Waals surface area contributed by atoms with Crippen LogP contribution in [0.3, 0.4) is 0 Å². The van der Waals surface area contributed by atoms with Gasteiger partial charge in [-0.3, -0.25) is 4.79 Å². The number of ether oxygens (including phenoxy) is 2. The highest BCUT2D eigenvalue weighted by molar-refractivity contribution is 6.02. The number of benzene rings is 1. The van der Waals surface area contributed by atoms with Crippen LogP contribution in [-0.2, 0) is 4.74 Å². The fourth-order valence-corrected chi connectivity index (χ4v) is 4.36. The van der Waals surface area contributed by atoms with E-state index >= 15 is 0 Å². The second-order valence-corrected chi connectivity index (χ2v) is 8.80. The Morgan fingerprint density at radius 3 is 2.77 bits per heavy atom. The number of halogens is 1. The Hall–Kier alpha value is -3.50. The summed E-state index contributed by atoms with van der Waals surface area (Å²) in [4.78, 5) is 20.9. The lowest BCUT2D eigenvalue weighted by Gasteiger charge is -2.30. The van der Waals surface area contributed by atoms with E-state index in [1.165, 1.54) is 0 Å². The maximum absolute atomic E-state index is 14.9. The number of anilines is 3. The first kappa shape index (κ1) is 24.6. The molecule has 1 aliphatic carbocycles. The lowest BCUT2D eigenvalue weighted by molar-refractivity contribution is 0.0901. The van der Waals surface area contributed by atoms with Gasteiger partial charge in [0, 0.05) is 41.9 Å². The van der Waals surface area contributed by atoms with Crippen LogP contribution in [0.2, 0.25) is 0 Å². The minimum atomic E-state index is -0.792. The first-order valence-electron chi connectivity index (χ1n) is 11.7. The molecule has 0 spiro atoms. The fraction of sp³-hybridized carbons (Fsp3) is 0.400. The Balaban J connectivity index is 1.69. The van der Waals surface area contributed by atoms with E-state index in [0.29, 0.717) is 18.2 Å². The number of carbonyl (C=O) groups excluding carboxylic acids is 1. The summed E-state index contributed by atoms with van der Waals surface area (Å²) in [5.41, 5.74) is 12.3. The van der Waals surface area contributed by atoms with Crippen LogP contribution in [-0.4, -0.2) is 47.8 Å². The van der Waals surface area contributed by atoms with E-state index in [1.54, 1.807) is 13.3 Å². The number of primary amides is 1. The second kappa shape index (κ2) is 10.8. The van der Waals surface area contributed by atoms with Gasteiger partial charge in [-0.15, -0.1) is 0 Å². The molecule has 0 bridgehead atoms. The topological polar surface area (TPSA) is 137 Å². The van der Waals surface area contributed by atoms with Crippen molar-refractivity contribution in [2.24, 2.45) is 11.5 Å². The average molecular weight is 483 g/mol. The lowest BCUT2D eigenvalue weighted by atomic mass is 9.91. The number of pyridine rings is 2. The van der Waals surface area contributed by atoms with Crippen LogP contribution in [0.15, 0.2) is 36.5 Å². The van der Waals surface area contributed by atoms with Crippen molar-refractivity contribution in [3.8, 4) is 5.88 Å². The summed E-state index contributed by atoms with van der Waals surface area (Å²) in [7, 11) is 1.61. The number of aromatic nitrogens is 2. The van der Waals surface area contributed by atoms with E-state index in [9.17, 15) is 9.18 Å². The second-order valence-electron chi connectivity index (χ2n) is 8.80. The van der Waals surface area contributed by atoms with Gasteiger partial charge in [0.2, 0.25) is 5.88 Å². The maximum Gasteiger partial charge on any atom is 0.252 e. The molecule has 2 heterocycles. The van der Waals surface area contributed by atoms with Gasteiger partial charge < -0.3 is 31.6 Å². The van der Waals surface area contributed by atoms with E-state index in [4.69, 9.17) is 20.9 Å². The highest BCUT2D eigenvalue weighted by atomic mass is 19.1. The lowest BCUT2D eigenvalue weighted by Crippen LogP contribution is -2.43. The van der Waals surface area contributed by atoms with Gasteiger partial charge in [-0.05, 0) is 44.0 Å². The molecule has 186 valence electrons. The van der Waals surface area contributed by atoms with Crippen molar-refractivity contribution in [2.75, 3.05) is 24.4 Å². The number of rotatable bonds is 9. The summed E-state index contributed by atoms with van der Waals surface area (Å²) in [5.74, 6) is -0.831. The number of nitrogens with zero attached hydrogens (tertiary/aromatic N) is 2. The molecular weight excluding hydrogens is 451 g/mol. The standard InChI is InChI=1S/C25H31FN6O3/c1-14(13-34-2)35-25-16-6-5-9-20(15(16)10-11-29-25)30-23-17(22(28)33)12-18(26)24(32-23)31-21-8-4-3-7-19(21)27/h5-6,9-12,14,19,21H,3-4,7-8,13,27H2,1-2H3,(H2,28,33)(H2,30,31,32). The number of nitrogens with one attached hydrogen (secondary N) is 2. The molecule has 1 fully saturated rings. The third-order valence-corrected chi connectivity index (χ3v) is 6.12. The van der Waals surface area contributed by atoms with Crippen LogP contribution in [0.4, 0.5) is 21.7 Å². The molecule has 0 aliphatic heterocycles. The third kappa shape index (κ3) is 5.60. The van der Waals surface area contributed by atoms with E-state index in [1.807, 2.05) is 31.2 Å². The summed E-state index contributed by atoms with van der Waals surface area (Å²) >= 11 is 0. The zero-order valence-corrected chi connectivity index (χ0v) is 19.9. The third-order valence-electron chi connectivity index (χ3n) is 6.12. The minimum absolute atomic E-state index is 0.0270. The molecule has 2 aromatic heterocycles. The van der Waals surface area contributed by atoms with Crippen molar-refractivity contribution in [3.63, 3.8) is 0 Å². The summed E-state index contributed by atoms with van der Waals surface area (Å²) in [6.45, 7) is 2.30. The smallest absolute Gasteiger partial charge is 0.252 e. The normalized spacial score (nSPS) is 18.7. The highest BCUT2D eigenvalue weighted by Gasteiger charge is 2.24. The molecule has 10 heteroatoms. The van der Waals surface area contributed by atoms with Crippen LogP contribution >= 0.6 is 0 Å². The average Bonchev–Trinajstić information content (AvgIpc) is 2.83. The van der Waals surface area contributed by atoms with Gasteiger partial charge in [0.05, 0.1) is 12.2 Å². The van der Waals surface area contributed by atoms with Crippen molar-refractivity contribution in [3.05, 3.63) is 47.9 Å². The summed E-state index contributed by atoms with van der Waals surface area (Å²) in [5, 5.41) is 7.83. The molecule has 4 rings (SSSR count). The van der Waals surface area contributed by atoms with Crippen molar-refractivity contribution in [1.82, 2.24) is 9.97 Å². The van der Waals surface area contributed by atoms with Crippen LogP contribution < -0.4 is 26.8 Å². The SMILES string of the molecule is COCC(C)Oc1nccc2c(Nc3nc(NC4CCCCC4N)c(F)cc3C(N)=O)cccc12. The van der Waals surface area contributed by atoms with Crippen molar-refractivity contribution in [2.45, 2.75) is 50.8 Å². The first-order valence-corrected chi connectivity index (χ1v) is 11.7. The molecule has 9 nitrogen and oxygen atoms in total. The maximum atomic E-state index is 14.9. The summed E-state index contributed by atoms with van der Waals surface area (Å²) in [6.07, 6.45) is 5.18. The Labute approximate surface area is 203 Å². The molecule has 1 amide bonds. The Kier molecular flexibility index (Phi) is 7.62. The number of methoxy groups -OCH3 is 1. The molecule has 35 heavy (non-hydrogen) atoms. The van der Waals surface area contributed by atoms with Gasteiger partial charge in [0.1, 0.15) is 11.9 Å². The number of carbonyl (C=O) groups is 1. The highest BCUT2D eigenvalue weighted by Crippen LogP contribution is 2.33. The Morgan fingerprint density at radius 1 is 1.23 bits per heavy atom. The Morgan fingerprint density at radius 2 is 2.03 bits per heavy atom. The van der Waals surface area contributed by atoms with Gasteiger partial charge in [-0.2, -0.15) is 0 Å². The van der Waals surface area contributed by atoms with Crippen molar-refractivity contribution in [1.29, 1.82) is 0 Å². The number of fused-ring (bicyclic) bond motifs is 1. The Bertz CT molecular complexity index is 1210. The largest absolute Gasteiger partial charge is 0.472 e. The molecular formula is C25H31FN6O3. The van der Waals surface area contributed by atoms with Crippen molar-refractivity contribution >= 4 is 34.0 Å². The van der Waals surface area contributed by atoms with E-state index in [2.05, 4.69) is 20.6 Å². The molecule has 0 radical (unpaired) electrons. The summed E-state index contributed by atoms with van der Waals surface area (Å²) in [6, 6.07) is 8.25. The monoisotopic (exact) mass is 482 g/mol. The number of amides is 1. The van der Waals surface area contributed by atoms with Gasteiger partial charge in [-0.1, -0.05) is 18.9 Å². The fourth-order valence-electron chi connectivity index (χ4n) is 4.36. The van der Waals surface area contributed by atoms with Gasteiger partial charge in [0.25, 0.3) is 5.91 Å². The van der Waals surface area contributed by atoms with Gasteiger partial charge in [-0.25, -0.2) is 14.4 Å². The molecule has 1 aromatic carbocycles. The molecule has 1 aliphatic rings. The molecule has 0 saturated heterocycles. The molecule has 3 atom stereocenters. The number of nitrogens with two attached hydrogens (primary N) is 2. The van der Waals surface area contributed by atoms with E-state index < -0.39 is 11.7 Å². The van der Waals surface area contributed by atoms with Crippen LogP contribution in [0, 0.1) is 5.82 Å². The van der Waals surface area contributed by atoms with Crippen molar-refractivity contribution < 1.29 is 18.7 Å². The van der Waals surface area contributed by atoms with Crippen LogP contribution in [0.1, 0.15) is 43.0 Å². The quantitative estimate of drug-likeness (QED) is 0.362. The molecule has 3 aromatic rings. The predicted molar refractivity (Wildman–Crippen MR) is 134 cm³/mol. The minimum Gasteiger partial charge on any atom is -0.472 e. The van der Waals surface area contributed by atoms with E-state index in [0.717, 1.165) is 42.5 Å². The number of hydrogen-bond acceptors (Lipinski definition) is 8. The molecule has 6 N–H and O–H groups in total.